The number of benzene rings is 2. The number of ether oxygens (including phenoxy) is 1. The second kappa shape index (κ2) is 10.7. The molecule has 7 nitrogen and oxygen atoms in total. The van der Waals surface area contributed by atoms with Gasteiger partial charge in [0.15, 0.2) is 0 Å². The fourth-order valence-corrected chi connectivity index (χ4v) is 5.98. The minimum absolute atomic E-state index is 0.0764. The molecule has 2 aliphatic rings. The molecule has 1 aliphatic heterocycles. The Kier molecular flexibility index (Phi) is 7.33. The SMILES string of the molecule is CCCc1cn(CCC(CC(=O)O)c2ccc3c(c2)C(N2Cc4ccccc4OC(C)(C)C2)CC3)nn1. The van der Waals surface area contributed by atoms with Crippen LogP contribution >= 0.6 is 0 Å². The number of carbonyl (C=O) groups is 1. The van der Waals surface area contributed by atoms with Crippen molar-refractivity contribution in [3.63, 3.8) is 0 Å². The third-order valence-electron chi connectivity index (χ3n) is 7.66. The Bertz CT molecular complexity index is 1250. The molecule has 0 saturated carbocycles. The van der Waals surface area contributed by atoms with Crippen molar-refractivity contribution < 1.29 is 14.6 Å². The molecule has 37 heavy (non-hydrogen) atoms. The average Bonchev–Trinajstić information content (AvgIpc) is 3.45. The number of hydrogen-bond donors (Lipinski definition) is 1. The van der Waals surface area contributed by atoms with E-state index in [9.17, 15) is 9.90 Å². The molecule has 1 aliphatic carbocycles. The number of aliphatic carboxylic acids is 1. The van der Waals surface area contributed by atoms with Gasteiger partial charge in [0.25, 0.3) is 0 Å². The number of carboxylic acids is 1. The first-order chi connectivity index (χ1) is 17.8. The second-order valence-electron chi connectivity index (χ2n) is 11.2. The zero-order valence-electron chi connectivity index (χ0n) is 22.2. The highest BCUT2D eigenvalue weighted by molar-refractivity contribution is 5.68. The van der Waals surface area contributed by atoms with Crippen LogP contribution in [0.15, 0.2) is 48.7 Å². The predicted octanol–water partition coefficient (Wildman–Crippen LogP) is 5.54. The number of fused-ring (bicyclic) bond motifs is 2. The molecule has 0 fully saturated rings. The normalized spacial score (nSPS) is 19.5. The van der Waals surface area contributed by atoms with Crippen molar-refractivity contribution in [3.05, 3.63) is 76.6 Å². The molecule has 2 unspecified atom stereocenters. The standard InChI is InChI=1S/C30H38N4O3/c1-4-7-25-19-34(32-31-25)15-14-23(17-29(35)36)22-11-10-21-12-13-27(26(21)16-22)33-18-24-8-5-6-9-28(24)37-30(2,3)20-33/h5-6,8-11,16,19,23,27H,4,7,12-15,17-18,20H2,1-3H3,(H,35,36). The smallest absolute Gasteiger partial charge is 0.303 e. The Morgan fingerprint density at radius 1 is 1.22 bits per heavy atom. The molecule has 2 heterocycles. The van der Waals surface area contributed by atoms with Gasteiger partial charge >= 0.3 is 5.97 Å². The zero-order chi connectivity index (χ0) is 26.0. The maximum Gasteiger partial charge on any atom is 0.303 e. The largest absolute Gasteiger partial charge is 0.486 e. The van der Waals surface area contributed by atoms with Gasteiger partial charge in [-0.05, 0) is 68.2 Å². The summed E-state index contributed by atoms with van der Waals surface area (Å²) >= 11 is 0. The van der Waals surface area contributed by atoms with Crippen LogP contribution in [0.3, 0.4) is 0 Å². The molecular weight excluding hydrogens is 464 g/mol. The third-order valence-corrected chi connectivity index (χ3v) is 7.66. The summed E-state index contributed by atoms with van der Waals surface area (Å²) in [5.74, 6) is 0.126. The van der Waals surface area contributed by atoms with Crippen molar-refractivity contribution in [3.8, 4) is 5.75 Å². The van der Waals surface area contributed by atoms with Gasteiger partial charge in [-0.25, -0.2) is 0 Å². The number of carboxylic acid groups (broad SMARTS) is 1. The van der Waals surface area contributed by atoms with E-state index in [4.69, 9.17) is 4.74 Å². The summed E-state index contributed by atoms with van der Waals surface area (Å²) in [6.07, 6.45) is 6.86. The van der Waals surface area contributed by atoms with Crippen LogP contribution < -0.4 is 4.74 Å². The Morgan fingerprint density at radius 2 is 2.05 bits per heavy atom. The van der Waals surface area contributed by atoms with E-state index >= 15 is 0 Å². The number of aromatic nitrogens is 3. The van der Waals surface area contributed by atoms with E-state index in [0.717, 1.165) is 55.8 Å². The van der Waals surface area contributed by atoms with E-state index in [1.165, 1.54) is 16.7 Å². The lowest BCUT2D eigenvalue weighted by Gasteiger charge is -2.34. The molecule has 0 saturated heterocycles. The second-order valence-corrected chi connectivity index (χ2v) is 11.2. The summed E-state index contributed by atoms with van der Waals surface area (Å²) in [5, 5.41) is 18.2. The van der Waals surface area contributed by atoms with Gasteiger partial charge in [-0.15, -0.1) is 5.10 Å². The van der Waals surface area contributed by atoms with E-state index in [0.29, 0.717) is 19.0 Å². The van der Waals surface area contributed by atoms with Gasteiger partial charge in [0.2, 0.25) is 0 Å². The molecular formula is C30H38N4O3. The molecule has 7 heteroatoms. The van der Waals surface area contributed by atoms with Gasteiger partial charge in [0.1, 0.15) is 11.4 Å². The molecule has 2 atom stereocenters. The monoisotopic (exact) mass is 502 g/mol. The first-order valence-electron chi connectivity index (χ1n) is 13.6. The molecule has 2 aromatic carbocycles. The van der Waals surface area contributed by atoms with Gasteiger partial charge in [-0.1, -0.05) is 55.0 Å². The highest BCUT2D eigenvalue weighted by Gasteiger charge is 2.36. The van der Waals surface area contributed by atoms with Gasteiger partial charge in [0.05, 0.1) is 12.1 Å². The number of rotatable bonds is 9. The Labute approximate surface area is 219 Å². The third kappa shape index (κ3) is 5.87. The fourth-order valence-electron chi connectivity index (χ4n) is 5.98. The van der Waals surface area contributed by atoms with Crippen LogP contribution in [-0.2, 0) is 30.7 Å². The van der Waals surface area contributed by atoms with Gasteiger partial charge in [-0.3, -0.25) is 14.4 Å². The maximum atomic E-state index is 11.8. The predicted molar refractivity (Wildman–Crippen MR) is 143 cm³/mol. The van der Waals surface area contributed by atoms with Crippen molar-refractivity contribution in [1.82, 2.24) is 19.9 Å². The highest BCUT2D eigenvalue weighted by atomic mass is 16.5. The summed E-state index contributed by atoms with van der Waals surface area (Å²) in [6.45, 7) is 8.78. The Balaban J connectivity index is 1.38. The summed E-state index contributed by atoms with van der Waals surface area (Å²) in [6, 6.07) is 15.3. The van der Waals surface area contributed by atoms with Crippen LogP contribution in [0.4, 0.5) is 0 Å². The van der Waals surface area contributed by atoms with Crippen molar-refractivity contribution >= 4 is 5.97 Å². The van der Waals surface area contributed by atoms with E-state index in [1.807, 2.05) is 16.9 Å². The van der Waals surface area contributed by atoms with Crippen LogP contribution in [0.5, 0.6) is 5.75 Å². The van der Waals surface area contributed by atoms with Crippen molar-refractivity contribution in [2.45, 2.75) is 89.9 Å². The molecule has 0 radical (unpaired) electrons. The van der Waals surface area contributed by atoms with E-state index < -0.39 is 5.97 Å². The number of para-hydroxylation sites is 1. The maximum absolute atomic E-state index is 11.8. The van der Waals surface area contributed by atoms with Crippen molar-refractivity contribution in [1.29, 1.82) is 0 Å². The Hall–Kier alpha value is -3.19. The highest BCUT2D eigenvalue weighted by Crippen LogP contribution is 2.42. The molecule has 0 amide bonds. The molecule has 5 rings (SSSR count). The van der Waals surface area contributed by atoms with Gasteiger partial charge in [-0.2, -0.15) is 0 Å². The number of hydrogen-bond acceptors (Lipinski definition) is 5. The van der Waals surface area contributed by atoms with Crippen LogP contribution in [0.1, 0.15) is 86.4 Å². The quantitative estimate of drug-likeness (QED) is 0.414. The minimum atomic E-state index is -0.768. The zero-order valence-corrected chi connectivity index (χ0v) is 22.2. The molecule has 0 bridgehead atoms. The topological polar surface area (TPSA) is 80.5 Å². The first kappa shape index (κ1) is 25.5. The summed E-state index contributed by atoms with van der Waals surface area (Å²) in [5.41, 5.74) is 5.73. The van der Waals surface area contributed by atoms with E-state index in [-0.39, 0.29) is 17.9 Å². The minimum Gasteiger partial charge on any atom is -0.486 e. The molecule has 0 spiro atoms. The van der Waals surface area contributed by atoms with E-state index in [1.54, 1.807) is 0 Å². The van der Waals surface area contributed by atoms with Gasteiger partial charge in [0, 0.05) is 37.4 Å². The van der Waals surface area contributed by atoms with Crippen molar-refractivity contribution in [2.24, 2.45) is 0 Å². The number of aryl methyl sites for hydroxylation is 3. The first-order valence-corrected chi connectivity index (χ1v) is 13.6. The van der Waals surface area contributed by atoms with Crippen LogP contribution in [0, 0.1) is 0 Å². The lowest BCUT2D eigenvalue weighted by atomic mass is 9.89. The number of nitrogens with zero attached hydrogens (tertiary/aromatic N) is 4. The van der Waals surface area contributed by atoms with Crippen LogP contribution in [0.25, 0.3) is 0 Å². The summed E-state index contributed by atoms with van der Waals surface area (Å²) in [7, 11) is 0. The lowest BCUT2D eigenvalue weighted by molar-refractivity contribution is -0.137. The fraction of sp³-hybridized carbons (Fsp3) is 0.500. The average molecular weight is 503 g/mol. The molecule has 3 aromatic rings. The van der Waals surface area contributed by atoms with Crippen LogP contribution in [-0.4, -0.2) is 43.1 Å². The molecule has 1 aromatic heterocycles. The summed E-state index contributed by atoms with van der Waals surface area (Å²) in [4.78, 5) is 14.4. The Morgan fingerprint density at radius 3 is 2.86 bits per heavy atom. The van der Waals surface area contributed by atoms with Crippen molar-refractivity contribution in [2.75, 3.05) is 6.54 Å². The molecule has 1 N–H and O–H groups in total. The van der Waals surface area contributed by atoms with E-state index in [2.05, 4.69) is 72.4 Å². The van der Waals surface area contributed by atoms with Gasteiger partial charge < -0.3 is 9.84 Å². The lowest BCUT2D eigenvalue weighted by Crippen LogP contribution is -2.41. The summed E-state index contributed by atoms with van der Waals surface area (Å²) < 4.78 is 8.25. The molecule has 196 valence electrons. The van der Waals surface area contributed by atoms with Crippen LogP contribution in [0.2, 0.25) is 0 Å².